The molecule has 13 nitrogen and oxygen atoms in total. The molecular formula is C83H49N13. The highest BCUT2D eigenvalue weighted by Gasteiger charge is 2.25. The third kappa shape index (κ3) is 10.2. The van der Waals surface area contributed by atoms with Crippen LogP contribution < -0.4 is 0 Å². The molecule has 0 aliphatic carbocycles. The molecule has 0 saturated carbocycles. The first-order valence-corrected chi connectivity index (χ1v) is 31.2. The van der Waals surface area contributed by atoms with Gasteiger partial charge in [-0.2, -0.15) is 0 Å². The van der Waals surface area contributed by atoms with E-state index in [1.165, 1.54) is 0 Å². The first kappa shape index (κ1) is 56.2. The van der Waals surface area contributed by atoms with Crippen LogP contribution in [0.25, 0.3) is 178 Å². The molecule has 0 unspecified atom stereocenters. The number of fused-ring (bicyclic) bond motifs is 6. The van der Waals surface area contributed by atoms with Crippen LogP contribution in [-0.2, 0) is 0 Å². The van der Waals surface area contributed by atoms with E-state index in [0.717, 1.165) is 105 Å². The topological polar surface area (TPSA) is 135 Å². The molecule has 5 heterocycles. The van der Waals surface area contributed by atoms with E-state index in [9.17, 15) is 0 Å². The monoisotopic (exact) mass is 1230 g/mol. The van der Waals surface area contributed by atoms with Gasteiger partial charge in [-0.3, -0.25) is 0 Å². The van der Waals surface area contributed by atoms with E-state index in [0.29, 0.717) is 74.9 Å². The Morgan fingerprint density at radius 2 is 0.500 bits per heavy atom. The summed E-state index contributed by atoms with van der Waals surface area (Å²) in [6.45, 7) is 16.2. The molecule has 0 aliphatic heterocycles. The minimum absolute atomic E-state index is 0.362. The van der Waals surface area contributed by atoms with E-state index in [1.54, 1.807) is 0 Å². The van der Waals surface area contributed by atoms with Gasteiger partial charge >= 0.3 is 0 Å². The van der Waals surface area contributed by atoms with E-state index in [4.69, 9.17) is 58.0 Å². The van der Waals surface area contributed by atoms with Crippen LogP contribution in [0, 0.1) is 13.1 Å². The van der Waals surface area contributed by atoms with Crippen molar-refractivity contribution in [2.75, 3.05) is 0 Å². The third-order valence-corrected chi connectivity index (χ3v) is 17.3. The zero-order chi connectivity index (χ0) is 64.1. The van der Waals surface area contributed by atoms with Crippen LogP contribution in [0.15, 0.2) is 297 Å². The highest BCUT2D eigenvalue weighted by atomic mass is 15.1. The molecule has 5 aromatic heterocycles. The summed E-state index contributed by atoms with van der Waals surface area (Å²) in [7, 11) is 0. The molecule has 0 bridgehead atoms. The Morgan fingerprint density at radius 1 is 0.208 bits per heavy atom. The fourth-order valence-electron chi connectivity index (χ4n) is 12.7. The Morgan fingerprint density at radius 3 is 0.896 bits per heavy atom. The van der Waals surface area contributed by atoms with E-state index in [-0.39, 0.29) is 0 Å². The van der Waals surface area contributed by atoms with Gasteiger partial charge in [0.1, 0.15) is 0 Å². The summed E-state index contributed by atoms with van der Waals surface area (Å²) in [5, 5.41) is 3.97. The SMILES string of the molecule is [C-]#[N+]c1ccc(-c2ccc(-n3c4ccccc4c4cc(-c5nc(-c6ccccc6)nc(-c6ccccc6)n5)ccc43)c(-c3nc(-c4ccccc4)nc(-c4cc([N+]#[C-])ccc4-n4c5ccccc5c5cc(-c6nc(-c7ccccc7)nc(-c7ccccc7)n6)ccc54)n3)c2)cc1. The van der Waals surface area contributed by atoms with Gasteiger partial charge < -0.3 is 9.13 Å². The summed E-state index contributed by atoms with van der Waals surface area (Å²) in [6.07, 6.45) is 0. The molecule has 17 aromatic rings. The van der Waals surface area contributed by atoms with Crippen molar-refractivity contribution in [3.8, 4) is 125 Å². The summed E-state index contributed by atoms with van der Waals surface area (Å²) < 4.78 is 4.51. The fraction of sp³-hybridized carbons (Fsp3) is 0. The number of hydrogen-bond acceptors (Lipinski definition) is 9. The van der Waals surface area contributed by atoms with Crippen LogP contribution in [-0.4, -0.2) is 54.0 Å². The molecule has 13 heteroatoms. The molecule has 0 aliphatic rings. The zero-order valence-corrected chi connectivity index (χ0v) is 51.1. The van der Waals surface area contributed by atoms with Gasteiger partial charge in [-0.05, 0) is 83.9 Å². The molecule has 17 rings (SSSR count). The van der Waals surface area contributed by atoms with Gasteiger partial charge in [-0.1, -0.05) is 224 Å². The lowest BCUT2D eigenvalue weighted by Crippen LogP contribution is -2.06. The largest absolute Gasteiger partial charge is 0.309 e. The fourth-order valence-corrected chi connectivity index (χ4v) is 12.7. The molecule has 0 spiro atoms. The number of nitrogens with zero attached hydrogens (tertiary/aromatic N) is 13. The standard InChI is InChI=1S/C83H49N13/c1-84-61-41-36-52(37-42-61)58-38-44-73(95-69-34-20-18-32-63(69)65-49-59(39-45-71(65)95)80-88-75(53-22-8-3-9-23-53)86-76(89-80)54-24-10-4-11-25-54)67(48-58)82-92-79(57-30-16-7-17-31-57)93-83(94-82)68-51-62(85-2)43-47-74(68)96-70-35-21-19-33-64(70)66-50-60(40-46-72(66)96)81-90-77(55-26-12-5-13-27-55)87-78(91-81)56-28-14-6-15-29-56/h3-51H. The summed E-state index contributed by atoms with van der Waals surface area (Å²) in [5.41, 5.74) is 15.3. The first-order chi connectivity index (χ1) is 47.5. The average molecular weight is 1230 g/mol. The predicted molar refractivity (Wildman–Crippen MR) is 382 cm³/mol. The van der Waals surface area contributed by atoms with Crippen molar-refractivity contribution >= 4 is 55.0 Å². The van der Waals surface area contributed by atoms with Gasteiger partial charge in [0.15, 0.2) is 63.8 Å². The van der Waals surface area contributed by atoms with Crippen molar-refractivity contribution in [1.29, 1.82) is 0 Å². The number of benzene rings is 12. The smallest absolute Gasteiger partial charge is 0.188 e. The maximum Gasteiger partial charge on any atom is 0.188 e. The first-order valence-electron chi connectivity index (χ1n) is 31.2. The molecule has 0 radical (unpaired) electrons. The lowest BCUT2D eigenvalue weighted by atomic mass is 10.0. The maximum atomic E-state index is 8.45. The van der Waals surface area contributed by atoms with E-state index in [2.05, 4.69) is 116 Å². The van der Waals surface area contributed by atoms with E-state index in [1.807, 2.05) is 200 Å². The molecule has 0 atom stereocenters. The predicted octanol–water partition coefficient (Wildman–Crippen LogP) is 20.2. The molecular weight excluding hydrogens is 1180 g/mol. The second-order valence-electron chi connectivity index (χ2n) is 23.1. The molecule has 446 valence electrons. The van der Waals surface area contributed by atoms with E-state index < -0.39 is 0 Å². The molecule has 12 aromatic carbocycles. The van der Waals surface area contributed by atoms with E-state index >= 15 is 0 Å². The van der Waals surface area contributed by atoms with Crippen molar-refractivity contribution in [2.24, 2.45) is 0 Å². The molecule has 0 N–H and O–H groups in total. The Bertz CT molecular complexity index is 5850. The highest BCUT2D eigenvalue weighted by molar-refractivity contribution is 6.12. The normalized spacial score (nSPS) is 11.3. The number of hydrogen-bond donors (Lipinski definition) is 0. The van der Waals surface area contributed by atoms with Gasteiger partial charge in [-0.25, -0.2) is 54.5 Å². The minimum Gasteiger partial charge on any atom is -0.309 e. The van der Waals surface area contributed by atoms with Gasteiger partial charge in [0.2, 0.25) is 0 Å². The zero-order valence-electron chi connectivity index (χ0n) is 51.1. The minimum atomic E-state index is 0.362. The van der Waals surface area contributed by atoms with Crippen LogP contribution >= 0.6 is 0 Å². The lowest BCUT2D eigenvalue weighted by Gasteiger charge is -2.18. The number of para-hydroxylation sites is 2. The van der Waals surface area contributed by atoms with Crippen LogP contribution in [0.2, 0.25) is 0 Å². The van der Waals surface area contributed by atoms with Gasteiger partial charge in [0, 0.05) is 71.6 Å². The summed E-state index contributed by atoms with van der Waals surface area (Å²) in [5.74, 6) is 4.59. The number of rotatable bonds is 12. The summed E-state index contributed by atoms with van der Waals surface area (Å²) >= 11 is 0. The molecule has 0 amide bonds. The molecule has 0 saturated heterocycles. The van der Waals surface area contributed by atoms with Gasteiger partial charge in [0.25, 0.3) is 0 Å². The van der Waals surface area contributed by atoms with Gasteiger partial charge in [0.05, 0.1) is 46.6 Å². The van der Waals surface area contributed by atoms with Crippen LogP contribution in [0.3, 0.4) is 0 Å². The van der Waals surface area contributed by atoms with Crippen molar-refractivity contribution in [3.05, 3.63) is 320 Å². The Labute approximate surface area is 551 Å². The van der Waals surface area contributed by atoms with Crippen LogP contribution in [0.5, 0.6) is 0 Å². The van der Waals surface area contributed by atoms with Gasteiger partial charge in [-0.15, -0.1) is 0 Å². The number of aromatic nitrogens is 11. The molecule has 0 fully saturated rings. The second kappa shape index (κ2) is 23.8. The van der Waals surface area contributed by atoms with Crippen molar-refractivity contribution < 1.29 is 0 Å². The third-order valence-electron chi connectivity index (χ3n) is 17.3. The molecule has 96 heavy (non-hydrogen) atoms. The highest BCUT2D eigenvalue weighted by Crippen LogP contribution is 2.43. The Hall–Kier alpha value is -13.8. The Kier molecular flexibility index (Phi) is 13.9. The van der Waals surface area contributed by atoms with Crippen LogP contribution in [0.4, 0.5) is 11.4 Å². The second-order valence-corrected chi connectivity index (χ2v) is 23.1. The lowest BCUT2D eigenvalue weighted by molar-refractivity contribution is 1.06. The van der Waals surface area contributed by atoms with Crippen LogP contribution in [0.1, 0.15) is 0 Å². The van der Waals surface area contributed by atoms with Crippen molar-refractivity contribution in [2.45, 2.75) is 0 Å². The average Bonchev–Trinajstić information content (AvgIpc) is 1.56. The van der Waals surface area contributed by atoms with Crippen molar-refractivity contribution in [1.82, 2.24) is 54.0 Å². The Balaban J connectivity index is 0.868. The van der Waals surface area contributed by atoms with Crippen molar-refractivity contribution in [3.63, 3.8) is 0 Å². The quantitative estimate of drug-likeness (QED) is 0.110. The maximum absolute atomic E-state index is 8.45. The summed E-state index contributed by atoms with van der Waals surface area (Å²) in [6, 6.07) is 99.1. The summed E-state index contributed by atoms with van der Waals surface area (Å²) in [4.78, 5) is 54.6.